The normalized spacial score (nSPS) is 13.9. The summed E-state index contributed by atoms with van der Waals surface area (Å²) in [6.07, 6.45) is 1.95. The Balaban J connectivity index is 2.31. The van der Waals surface area contributed by atoms with Gasteiger partial charge in [-0.15, -0.1) is 11.3 Å². The first kappa shape index (κ1) is 13.7. The highest BCUT2D eigenvalue weighted by molar-refractivity contribution is 7.90. The van der Waals surface area contributed by atoms with Gasteiger partial charge >= 0.3 is 0 Å². The van der Waals surface area contributed by atoms with E-state index in [1.165, 1.54) is 16.7 Å². The molecule has 1 heterocycles. The Morgan fingerprint density at radius 1 is 1.50 bits per heavy atom. The molecule has 5 heteroatoms. The maximum absolute atomic E-state index is 11.0. The lowest BCUT2D eigenvalue weighted by Gasteiger charge is -2.12. The molecule has 0 aliphatic heterocycles. The molecule has 16 heavy (non-hydrogen) atoms. The summed E-state index contributed by atoms with van der Waals surface area (Å²) in [4.78, 5) is 1.33. The standard InChI is InChI=1S/C11H19NO2S2/c1-9-4-6-15-11(9)8-12-10(2)5-7-16(3,13)14/h4,6,10,12H,5,7-8H2,1-3H3. The molecule has 1 N–H and O–H groups in total. The summed E-state index contributed by atoms with van der Waals surface area (Å²) in [5.74, 6) is 0.255. The minimum atomic E-state index is -2.84. The second-order valence-electron chi connectivity index (χ2n) is 4.23. The van der Waals surface area contributed by atoms with Crippen LogP contribution < -0.4 is 5.32 Å². The Hall–Kier alpha value is -0.390. The zero-order chi connectivity index (χ0) is 12.2. The fourth-order valence-corrected chi connectivity index (χ4v) is 2.98. The predicted molar refractivity (Wildman–Crippen MR) is 69.7 cm³/mol. The summed E-state index contributed by atoms with van der Waals surface area (Å²) < 4.78 is 22.0. The molecule has 1 rings (SSSR count). The van der Waals surface area contributed by atoms with Gasteiger partial charge in [-0.2, -0.15) is 0 Å². The molecule has 0 fully saturated rings. The minimum absolute atomic E-state index is 0.233. The van der Waals surface area contributed by atoms with Crippen molar-refractivity contribution in [1.82, 2.24) is 5.32 Å². The largest absolute Gasteiger partial charge is 0.309 e. The van der Waals surface area contributed by atoms with E-state index < -0.39 is 9.84 Å². The third kappa shape index (κ3) is 5.09. The SMILES string of the molecule is Cc1ccsc1CNC(C)CCS(C)(=O)=O. The fourth-order valence-electron chi connectivity index (χ4n) is 1.35. The highest BCUT2D eigenvalue weighted by Crippen LogP contribution is 2.15. The van der Waals surface area contributed by atoms with Gasteiger partial charge in [0.1, 0.15) is 9.84 Å². The van der Waals surface area contributed by atoms with Crippen LogP contribution in [0.5, 0.6) is 0 Å². The molecule has 0 spiro atoms. The third-order valence-corrected chi connectivity index (χ3v) is 4.50. The number of nitrogens with one attached hydrogen (secondary N) is 1. The van der Waals surface area contributed by atoms with Crippen LogP contribution in [0, 0.1) is 6.92 Å². The van der Waals surface area contributed by atoms with Gasteiger partial charge in [0.15, 0.2) is 0 Å². The van der Waals surface area contributed by atoms with Crippen molar-refractivity contribution in [2.45, 2.75) is 32.9 Å². The smallest absolute Gasteiger partial charge is 0.147 e. The highest BCUT2D eigenvalue weighted by Gasteiger charge is 2.08. The summed E-state index contributed by atoms with van der Waals surface area (Å²) in [5, 5.41) is 5.42. The van der Waals surface area contributed by atoms with Gasteiger partial charge in [-0.05, 0) is 37.3 Å². The van der Waals surface area contributed by atoms with E-state index >= 15 is 0 Å². The number of hydrogen-bond acceptors (Lipinski definition) is 4. The molecule has 0 aliphatic carbocycles. The van der Waals surface area contributed by atoms with Crippen molar-refractivity contribution in [3.05, 3.63) is 21.9 Å². The Bertz CT molecular complexity index is 423. The Labute approximate surface area is 102 Å². The quantitative estimate of drug-likeness (QED) is 0.851. The maximum atomic E-state index is 11.0. The van der Waals surface area contributed by atoms with Crippen molar-refractivity contribution in [2.75, 3.05) is 12.0 Å². The number of thiophene rings is 1. The maximum Gasteiger partial charge on any atom is 0.147 e. The minimum Gasteiger partial charge on any atom is -0.309 e. The van der Waals surface area contributed by atoms with E-state index in [-0.39, 0.29) is 11.8 Å². The predicted octanol–water partition coefficient (Wildman–Crippen LogP) is 1.97. The molecule has 0 saturated heterocycles. The van der Waals surface area contributed by atoms with Crippen LogP contribution in [-0.2, 0) is 16.4 Å². The molecule has 3 nitrogen and oxygen atoms in total. The van der Waals surface area contributed by atoms with Crippen LogP contribution in [0.4, 0.5) is 0 Å². The van der Waals surface area contributed by atoms with Crippen molar-refractivity contribution in [2.24, 2.45) is 0 Å². The highest BCUT2D eigenvalue weighted by atomic mass is 32.2. The molecular formula is C11H19NO2S2. The van der Waals surface area contributed by atoms with E-state index in [2.05, 4.69) is 23.7 Å². The molecule has 0 amide bonds. The lowest BCUT2D eigenvalue weighted by molar-refractivity contribution is 0.529. The monoisotopic (exact) mass is 261 g/mol. The number of hydrogen-bond donors (Lipinski definition) is 1. The summed E-state index contributed by atoms with van der Waals surface area (Å²) in [6, 6.07) is 2.33. The first-order chi connectivity index (χ1) is 7.38. The Kier molecular flexibility index (Phi) is 4.95. The summed E-state index contributed by atoms with van der Waals surface area (Å²) >= 11 is 1.73. The number of rotatable bonds is 6. The van der Waals surface area contributed by atoms with Crippen molar-refractivity contribution < 1.29 is 8.42 Å². The van der Waals surface area contributed by atoms with E-state index in [1.807, 2.05) is 6.92 Å². The molecule has 0 aliphatic rings. The van der Waals surface area contributed by atoms with Gasteiger partial charge in [-0.1, -0.05) is 0 Å². The number of sulfone groups is 1. The molecule has 1 aromatic heterocycles. The van der Waals surface area contributed by atoms with Gasteiger partial charge in [0.25, 0.3) is 0 Å². The van der Waals surface area contributed by atoms with Gasteiger partial charge in [0.05, 0.1) is 5.75 Å². The molecular weight excluding hydrogens is 242 g/mol. The van der Waals surface area contributed by atoms with Crippen molar-refractivity contribution >= 4 is 21.2 Å². The fraction of sp³-hybridized carbons (Fsp3) is 0.636. The summed E-state index contributed by atoms with van der Waals surface area (Å²) in [6.45, 7) is 4.94. The van der Waals surface area contributed by atoms with Crippen LogP contribution in [0.15, 0.2) is 11.4 Å². The lowest BCUT2D eigenvalue weighted by Crippen LogP contribution is -2.27. The summed E-state index contributed by atoms with van der Waals surface area (Å²) in [7, 11) is -2.84. The first-order valence-corrected chi connectivity index (χ1v) is 8.26. The van der Waals surface area contributed by atoms with Gasteiger partial charge in [-0.3, -0.25) is 0 Å². The molecule has 1 unspecified atom stereocenters. The Morgan fingerprint density at radius 2 is 2.19 bits per heavy atom. The number of aryl methyl sites for hydroxylation is 1. The van der Waals surface area contributed by atoms with Gasteiger partial charge in [0.2, 0.25) is 0 Å². The van der Waals surface area contributed by atoms with Crippen LogP contribution in [-0.4, -0.2) is 26.5 Å². The van der Waals surface area contributed by atoms with E-state index in [0.29, 0.717) is 6.42 Å². The van der Waals surface area contributed by atoms with Crippen LogP contribution in [0.2, 0.25) is 0 Å². The molecule has 0 radical (unpaired) electrons. The third-order valence-electron chi connectivity index (χ3n) is 2.50. The van der Waals surface area contributed by atoms with Gasteiger partial charge in [0, 0.05) is 23.7 Å². The molecule has 92 valence electrons. The Morgan fingerprint density at radius 3 is 2.69 bits per heavy atom. The molecule has 1 aromatic rings. The van der Waals surface area contributed by atoms with E-state index in [1.54, 1.807) is 11.3 Å². The van der Waals surface area contributed by atoms with E-state index in [0.717, 1.165) is 6.54 Å². The summed E-state index contributed by atoms with van der Waals surface area (Å²) in [5.41, 5.74) is 1.30. The molecule has 0 saturated carbocycles. The molecule has 0 aromatic carbocycles. The van der Waals surface area contributed by atoms with Crippen LogP contribution in [0.1, 0.15) is 23.8 Å². The van der Waals surface area contributed by atoms with Crippen LogP contribution >= 0.6 is 11.3 Å². The average Bonchev–Trinajstić information content (AvgIpc) is 2.57. The first-order valence-electron chi connectivity index (χ1n) is 5.32. The average molecular weight is 261 g/mol. The lowest BCUT2D eigenvalue weighted by atomic mass is 10.2. The zero-order valence-electron chi connectivity index (χ0n) is 9.99. The van der Waals surface area contributed by atoms with Gasteiger partial charge in [-0.25, -0.2) is 8.42 Å². The second kappa shape index (κ2) is 5.80. The van der Waals surface area contributed by atoms with E-state index in [9.17, 15) is 8.42 Å². The van der Waals surface area contributed by atoms with Crippen molar-refractivity contribution in [1.29, 1.82) is 0 Å². The molecule has 1 atom stereocenters. The van der Waals surface area contributed by atoms with Crippen LogP contribution in [0.25, 0.3) is 0 Å². The zero-order valence-corrected chi connectivity index (χ0v) is 11.6. The van der Waals surface area contributed by atoms with Crippen molar-refractivity contribution in [3.8, 4) is 0 Å². The van der Waals surface area contributed by atoms with Crippen LogP contribution in [0.3, 0.4) is 0 Å². The molecule has 0 bridgehead atoms. The van der Waals surface area contributed by atoms with Crippen molar-refractivity contribution in [3.63, 3.8) is 0 Å². The second-order valence-corrected chi connectivity index (χ2v) is 7.49. The topological polar surface area (TPSA) is 46.2 Å². The van der Waals surface area contributed by atoms with E-state index in [4.69, 9.17) is 0 Å². The van der Waals surface area contributed by atoms with Gasteiger partial charge < -0.3 is 5.32 Å².